The van der Waals surface area contributed by atoms with Crippen LogP contribution in [0.5, 0.6) is 0 Å². The number of carbonyl (C=O) groups is 1. The standard InChI is InChI=1S/C15H21N5O2S/c1-15(2,3)10-8-23-11(17-10)7-20-6-4-5-9(20)14-18-13(12(16)21)19-22-14/h8-9H,4-7H2,1-3H3,(H2,16,21)/t9-/m0/s1. The Morgan fingerprint density at radius 2 is 2.26 bits per heavy atom. The fraction of sp³-hybridized carbons (Fsp3) is 0.600. The van der Waals surface area contributed by atoms with E-state index < -0.39 is 5.91 Å². The van der Waals surface area contributed by atoms with Crippen LogP contribution < -0.4 is 5.73 Å². The third kappa shape index (κ3) is 3.42. The molecule has 0 unspecified atom stereocenters. The highest BCUT2D eigenvalue weighted by Crippen LogP contribution is 2.33. The molecule has 8 heteroatoms. The molecule has 3 rings (SSSR count). The Bertz CT molecular complexity index is 703. The molecule has 1 atom stereocenters. The van der Waals surface area contributed by atoms with Gasteiger partial charge in [-0.3, -0.25) is 9.69 Å². The lowest BCUT2D eigenvalue weighted by Crippen LogP contribution is -2.23. The van der Waals surface area contributed by atoms with Crippen LogP contribution in [0.4, 0.5) is 0 Å². The summed E-state index contributed by atoms with van der Waals surface area (Å²) >= 11 is 1.68. The molecule has 0 radical (unpaired) electrons. The Morgan fingerprint density at radius 1 is 1.48 bits per heavy atom. The van der Waals surface area contributed by atoms with Crippen molar-refractivity contribution in [3.8, 4) is 0 Å². The highest BCUT2D eigenvalue weighted by Gasteiger charge is 2.32. The lowest BCUT2D eigenvalue weighted by Gasteiger charge is -2.20. The SMILES string of the molecule is CC(C)(C)c1csc(CN2CCC[C@H]2c2nc(C(N)=O)no2)n1. The molecule has 3 heterocycles. The molecule has 0 bridgehead atoms. The van der Waals surface area contributed by atoms with E-state index in [1.807, 2.05) is 0 Å². The first-order valence-electron chi connectivity index (χ1n) is 7.67. The van der Waals surface area contributed by atoms with E-state index in [0.29, 0.717) is 5.89 Å². The van der Waals surface area contributed by atoms with Crippen LogP contribution in [0.1, 0.15) is 66.9 Å². The largest absolute Gasteiger partial charge is 0.363 e. The van der Waals surface area contributed by atoms with E-state index >= 15 is 0 Å². The summed E-state index contributed by atoms with van der Waals surface area (Å²) < 4.78 is 5.22. The van der Waals surface area contributed by atoms with Gasteiger partial charge in [-0.05, 0) is 19.4 Å². The number of thiazole rings is 1. The van der Waals surface area contributed by atoms with Crippen molar-refractivity contribution in [2.24, 2.45) is 5.73 Å². The second-order valence-corrected chi connectivity index (χ2v) is 7.77. The number of nitrogens with zero attached hydrogens (tertiary/aromatic N) is 4. The summed E-state index contributed by atoms with van der Waals surface area (Å²) in [5.74, 6) is -0.265. The van der Waals surface area contributed by atoms with E-state index in [0.717, 1.165) is 36.6 Å². The van der Waals surface area contributed by atoms with Gasteiger partial charge in [-0.15, -0.1) is 11.3 Å². The van der Waals surface area contributed by atoms with Crippen molar-refractivity contribution < 1.29 is 9.32 Å². The molecule has 0 spiro atoms. The molecule has 1 saturated heterocycles. The minimum atomic E-state index is -0.667. The van der Waals surface area contributed by atoms with Gasteiger partial charge in [0.15, 0.2) is 0 Å². The van der Waals surface area contributed by atoms with Crippen LogP contribution >= 0.6 is 11.3 Å². The van der Waals surface area contributed by atoms with Crippen molar-refractivity contribution in [3.05, 3.63) is 27.8 Å². The third-order valence-electron chi connectivity index (χ3n) is 3.97. The molecule has 2 aromatic rings. The van der Waals surface area contributed by atoms with E-state index in [1.165, 1.54) is 0 Å². The maximum absolute atomic E-state index is 11.1. The summed E-state index contributed by atoms with van der Waals surface area (Å²) in [6.45, 7) is 8.18. The second kappa shape index (κ2) is 6.01. The maximum Gasteiger partial charge on any atom is 0.290 e. The highest BCUT2D eigenvalue weighted by molar-refractivity contribution is 7.09. The predicted molar refractivity (Wildman–Crippen MR) is 86.0 cm³/mol. The molecule has 2 aromatic heterocycles. The monoisotopic (exact) mass is 335 g/mol. The van der Waals surface area contributed by atoms with Gasteiger partial charge in [0.2, 0.25) is 5.89 Å². The molecular formula is C15H21N5O2S. The number of nitrogens with two attached hydrogens (primary N) is 1. The van der Waals surface area contributed by atoms with Crippen molar-refractivity contribution in [2.45, 2.75) is 51.6 Å². The van der Waals surface area contributed by atoms with Gasteiger partial charge in [-0.25, -0.2) is 4.98 Å². The lowest BCUT2D eigenvalue weighted by molar-refractivity contribution is 0.0987. The molecule has 0 aromatic carbocycles. The summed E-state index contributed by atoms with van der Waals surface area (Å²) in [5, 5.41) is 6.84. The van der Waals surface area contributed by atoms with E-state index in [4.69, 9.17) is 15.2 Å². The molecule has 1 aliphatic heterocycles. The fourth-order valence-corrected chi connectivity index (χ4v) is 3.71. The minimum Gasteiger partial charge on any atom is -0.363 e. The summed E-state index contributed by atoms with van der Waals surface area (Å²) in [5.41, 5.74) is 6.35. The molecule has 2 N–H and O–H groups in total. The number of rotatable bonds is 4. The number of hydrogen-bond donors (Lipinski definition) is 1. The number of hydrogen-bond acceptors (Lipinski definition) is 7. The molecule has 1 amide bonds. The number of amides is 1. The zero-order chi connectivity index (χ0) is 16.6. The van der Waals surface area contributed by atoms with Crippen molar-refractivity contribution in [1.29, 1.82) is 0 Å². The molecule has 0 saturated carbocycles. The van der Waals surface area contributed by atoms with Gasteiger partial charge in [-0.2, -0.15) is 4.98 Å². The molecule has 23 heavy (non-hydrogen) atoms. The second-order valence-electron chi connectivity index (χ2n) is 6.83. The topological polar surface area (TPSA) is 98.1 Å². The highest BCUT2D eigenvalue weighted by atomic mass is 32.1. The zero-order valence-electron chi connectivity index (χ0n) is 13.6. The number of primary amides is 1. The van der Waals surface area contributed by atoms with Crippen LogP contribution in [0.2, 0.25) is 0 Å². The van der Waals surface area contributed by atoms with Gasteiger partial charge in [0.1, 0.15) is 5.01 Å². The van der Waals surface area contributed by atoms with E-state index in [9.17, 15) is 4.79 Å². The van der Waals surface area contributed by atoms with Crippen LogP contribution in [-0.4, -0.2) is 32.5 Å². The smallest absolute Gasteiger partial charge is 0.290 e. The third-order valence-corrected chi connectivity index (χ3v) is 4.80. The van der Waals surface area contributed by atoms with Crippen molar-refractivity contribution in [1.82, 2.24) is 20.0 Å². The van der Waals surface area contributed by atoms with Crippen molar-refractivity contribution >= 4 is 17.2 Å². The summed E-state index contributed by atoms with van der Waals surface area (Å²) in [6, 6.07) is 0.0255. The Hall–Kier alpha value is -1.80. The first-order valence-corrected chi connectivity index (χ1v) is 8.55. The fourth-order valence-electron chi connectivity index (χ4n) is 2.67. The molecule has 0 aliphatic carbocycles. The summed E-state index contributed by atoms with van der Waals surface area (Å²) in [4.78, 5) is 22.2. The Labute approximate surface area is 138 Å². The molecule has 124 valence electrons. The zero-order valence-corrected chi connectivity index (χ0v) is 14.4. The van der Waals surface area contributed by atoms with Crippen molar-refractivity contribution in [2.75, 3.05) is 6.54 Å². The van der Waals surface area contributed by atoms with Gasteiger partial charge >= 0.3 is 0 Å². The average molecular weight is 335 g/mol. The summed E-state index contributed by atoms with van der Waals surface area (Å²) in [6.07, 6.45) is 1.98. The normalized spacial score (nSPS) is 19.3. The average Bonchev–Trinajstić information content (AvgIpc) is 3.17. The number of likely N-dealkylation sites (tertiary alicyclic amines) is 1. The van der Waals surface area contributed by atoms with Gasteiger partial charge in [0.25, 0.3) is 11.7 Å². The molecule has 1 fully saturated rings. The van der Waals surface area contributed by atoms with Crippen LogP contribution in [0.25, 0.3) is 0 Å². The van der Waals surface area contributed by atoms with Crippen LogP contribution in [0.15, 0.2) is 9.90 Å². The summed E-state index contributed by atoms with van der Waals surface area (Å²) in [7, 11) is 0. The Morgan fingerprint density at radius 3 is 2.87 bits per heavy atom. The maximum atomic E-state index is 11.1. The van der Waals surface area contributed by atoms with Gasteiger partial charge in [0, 0.05) is 10.8 Å². The van der Waals surface area contributed by atoms with E-state index in [-0.39, 0.29) is 17.3 Å². The molecular weight excluding hydrogens is 314 g/mol. The van der Waals surface area contributed by atoms with Crippen LogP contribution in [-0.2, 0) is 12.0 Å². The van der Waals surface area contributed by atoms with Crippen molar-refractivity contribution in [3.63, 3.8) is 0 Å². The molecule has 1 aliphatic rings. The predicted octanol–water partition coefficient (Wildman–Crippen LogP) is 2.26. The van der Waals surface area contributed by atoms with Gasteiger partial charge in [0.05, 0.1) is 18.3 Å². The van der Waals surface area contributed by atoms with Crippen LogP contribution in [0.3, 0.4) is 0 Å². The van der Waals surface area contributed by atoms with Crippen LogP contribution in [0, 0.1) is 0 Å². The number of aromatic nitrogens is 3. The first kappa shape index (κ1) is 16.1. The van der Waals surface area contributed by atoms with Gasteiger partial charge in [-0.1, -0.05) is 25.9 Å². The van der Waals surface area contributed by atoms with E-state index in [2.05, 4.69) is 41.2 Å². The van der Waals surface area contributed by atoms with E-state index in [1.54, 1.807) is 11.3 Å². The quantitative estimate of drug-likeness (QED) is 0.920. The first-order chi connectivity index (χ1) is 10.8. The molecule has 7 nitrogen and oxygen atoms in total. The minimum absolute atomic E-state index is 0.0255. The van der Waals surface area contributed by atoms with Gasteiger partial charge < -0.3 is 10.3 Å². The Balaban J connectivity index is 1.74. The number of carbonyl (C=O) groups excluding carboxylic acids is 1. The Kier molecular flexibility index (Phi) is 4.20. The lowest BCUT2D eigenvalue weighted by atomic mass is 9.93.